The van der Waals surface area contributed by atoms with E-state index in [9.17, 15) is 9.59 Å². The van der Waals surface area contributed by atoms with Gasteiger partial charge in [-0.3, -0.25) is 4.79 Å². The Bertz CT molecular complexity index is 267. The van der Waals surface area contributed by atoms with Crippen molar-refractivity contribution in [2.24, 2.45) is 11.3 Å². The van der Waals surface area contributed by atoms with Gasteiger partial charge in [0.15, 0.2) is 5.78 Å². The Kier molecular flexibility index (Phi) is 3.50. The normalized spacial score (nSPS) is 24.0. The third kappa shape index (κ3) is 3.63. The Morgan fingerprint density at radius 2 is 2.07 bits per heavy atom. The van der Waals surface area contributed by atoms with E-state index in [0.717, 1.165) is 0 Å². The summed E-state index contributed by atoms with van der Waals surface area (Å²) in [5.74, 6) is 0.110. The molecule has 1 atom stereocenters. The molecule has 0 spiro atoms. The molecular weight excluding hydrogens is 194 g/mol. The van der Waals surface area contributed by atoms with Gasteiger partial charge in [0.1, 0.15) is 0 Å². The lowest BCUT2D eigenvalue weighted by molar-refractivity contribution is -0.206. The fourth-order valence-electron chi connectivity index (χ4n) is 1.45. The van der Waals surface area contributed by atoms with E-state index >= 15 is 0 Å². The van der Waals surface area contributed by atoms with Gasteiger partial charge in [0.25, 0.3) is 0 Å². The average molecular weight is 213 g/mol. The molecule has 1 aliphatic rings. The van der Waals surface area contributed by atoms with Crippen molar-refractivity contribution in [3.8, 4) is 0 Å². The molecule has 1 fully saturated rings. The van der Waals surface area contributed by atoms with Crippen LogP contribution in [0.5, 0.6) is 0 Å². The minimum Gasteiger partial charge on any atom is -0.367 e. The van der Waals surface area contributed by atoms with Crippen molar-refractivity contribution in [3.63, 3.8) is 0 Å². The number of hydroxylamine groups is 2. The number of rotatable bonds is 1. The highest BCUT2D eigenvalue weighted by molar-refractivity contribution is 5.81. The third-order valence-corrected chi connectivity index (χ3v) is 2.27. The fraction of sp³-hybridized carbons (Fsp3) is 0.818. The zero-order valence-corrected chi connectivity index (χ0v) is 9.87. The smallest absolute Gasteiger partial charge is 0.330 e. The van der Waals surface area contributed by atoms with Crippen LogP contribution in [0.15, 0.2) is 0 Å². The second-order valence-electron chi connectivity index (χ2n) is 5.30. The lowest BCUT2D eigenvalue weighted by Crippen LogP contribution is -2.43. The van der Waals surface area contributed by atoms with Crippen LogP contribution in [0, 0.1) is 11.3 Å². The van der Waals surface area contributed by atoms with Crippen LogP contribution in [-0.4, -0.2) is 29.9 Å². The second kappa shape index (κ2) is 4.31. The van der Waals surface area contributed by atoms with Crippen LogP contribution in [0.4, 0.5) is 0 Å². The quantitative estimate of drug-likeness (QED) is 0.660. The van der Waals surface area contributed by atoms with Gasteiger partial charge in [-0.1, -0.05) is 6.92 Å². The molecule has 86 valence electrons. The summed E-state index contributed by atoms with van der Waals surface area (Å²) >= 11 is 0. The maximum atomic E-state index is 11.6. The van der Waals surface area contributed by atoms with Gasteiger partial charge in [0.05, 0.1) is 12.0 Å². The number of Topliss-reactive ketones (excluding diaryl/α,β-unsaturated/α-hetero) is 1. The minimum absolute atomic E-state index is 0.135. The molecular formula is C11H19NO3. The van der Waals surface area contributed by atoms with E-state index in [2.05, 4.69) is 0 Å². The summed E-state index contributed by atoms with van der Waals surface area (Å²) in [6.07, 6.45) is 0.587. The number of piperidine rings is 1. The van der Waals surface area contributed by atoms with E-state index in [1.165, 1.54) is 5.06 Å². The molecule has 0 bridgehead atoms. The van der Waals surface area contributed by atoms with Crippen LogP contribution in [0.1, 0.15) is 34.1 Å². The lowest BCUT2D eigenvalue weighted by atomic mass is 9.97. The molecule has 0 aromatic carbocycles. The van der Waals surface area contributed by atoms with Gasteiger partial charge in [-0.25, -0.2) is 4.79 Å². The number of nitrogens with zero attached hydrogens (tertiary/aromatic N) is 1. The van der Waals surface area contributed by atoms with Crippen molar-refractivity contribution in [1.82, 2.24) is 5.06 Å². The van der Waals surface area contributed by atoms with Crippen molar-refractivity contribution in [2.75, 3.05) is 13.1 Å². The molecule has 0 aliphatic carbocycles. The standard InChI is InChI=1S/C11H19NO3/c1-8-5-9(13)7-12(6-8)15-10(14)11(2,3)4/h8H,5-7H2,1-4H3/t8-/m1/s1. The SMILES string of the molecule is C[C@@H]1CC(=O)CN(OC(=O)C(C)(C)C)C1. The summed E-state index contributed by atoms with van der Waals surface area (Å²) in [7, 11) is 0. The molecule has 0 radical (unpaired) electrons. The fourth-order valence-corrected chi connectivity index (χ4v) is 1.45. The summed E-state index contributed by atoms with van der Waals surface area (Å²) in [6, 6.07) is 0. The van der Waals surface area contributed by atoms with E-state index in [1.54, 1.807) is 20.8 Å². The van der Waals surface area contributed by atoms with Crippen LogP contribution in [-0.2, 0) is 14.4 Å². The van der Waals surface area contributed by atoms with Crippen molar-refractivity contribution in [3.05, 3.63) is 0 Å². The number of carbonyl (C=O) groups excluding carboxylic acids is 2. The molecule has 0 unspecified atom stereocenters. The van der Waals surface area contributed by atoms with Crippen LogP contribution in [0.2, 0.25) is 0 Å². The van der Waals surface area contributed by atoms with Gasteiger partial charge in [-0.2, -0.15) is 0 Å². The van der Waals surface area contributed by atoms with E-state index in [4.69, 9.17) is 4.84 Å². The molecule has 1 rings (SSSR count). The number of hydrogen-bond acceptors (Lipinski definition) is 4. The van der Waals surface area contributed by atoms with Crippen LogP contribution < -0.4 is 0 Å². The molecule has 1 aliphatic heterocycles. The molecule has 1 saturated heterocycles. The van der Waals surface area contributed by atoms with Gasteiger partial charge in [0, 0.05) is 13.0 Å². The van der Waals surface area contributed by atoms with Gasteiger partial charge >= 0.3 is 5.97 Å². The zero-order valence-electron chi connectivity index (χ0n) is 9.87. The third-order valence-electron chi connectivity index (χ3n) is 2.27. The van der Waals surface area contributed by atoms with Crippen LogP contribution in [0.25, 0.3) is 0 Å². The van der Waals surface area contributed by atoms with E-state index < -0.39 is 5.41 Å². The van der Waals surface area contributed by atoms with E-state index in [0.29, 0.717) is 13.0 Å². The predicted octanol–water partition coefficient (Wildman–Crippen LogP) is 1.40. The van der Waals surface area contributed by atoms with Crippen molar-refractivity contribution < 1.29 is 14.4 Å². The number of carbonyl (C=O) groups is 2. The highest BCUT2D eigenvalue weighted by Crippen LogP contribution is 2.19. The first-order valence-electron chi connectivity index (χ1n) is 5.28. The number of hydrogen-bond donors (Lipinski definition) is 0. The molecule has 0 aromatic heterocycles. The molecule has 0 amide bonds. The van der Waals surface area contributed by atoms with E-state index in [-0.39, 0.29) is 24.2 Å². The van der Waals surface area contributed by atoms with Gasteiger partial charge in [0.2, 0.25) is 0 Å². The lowest BCUT2D eigenvalue weighted by Gasteiger charge is -2.30. The summed E-state index contributed by atoms with van der Waals surface area (Å²) in [5.41, 5.74) is -0.524. The molecule has 1 heterocycles. The highest BCUT2D eigenvalue weighted by atomic mass is 16.7. The minimum atomic E-state index is -0.524. The first kappa shape index (κ1) is 12.2. The zero-order chi connectivity index (χ0) is 11.6. The Morgan fingerprint density at radius 3 is 2.53 bits per heavy atom. The Balaban J connectivity index is 2.52. The van der Waals surface area contributed by atoms with Crippen molar-refractivity contribution >= 4 is 11.8 Å². The van der Waals surface area contributed by atoms with Gasteiger partial charge in [-0.15, -0.1) is 5.06 Å². The summed E-state index contributed by atoms with van der Waals surface area (Å²) in [4.78, 5) is 28.0. The van der Waals surface area contributed by atoms with E-state index in [1.807, 2.05) is 6.92 Å². The van der Waals surface area contributed by atoms with Crippen LogP contribution >= 0.6 is 0 Å². The average Bonchev–Trinajstić information content (AvgIpc) is 1.99. The molecule has 0 N–H and O–H groups in total. The predicted molar refractivity (Wildman–Crippen MR) is 55.9 cm³/mol. The molecule has 15 heavy (non-hydrogen) atoms. The molecule has 0 saturated carbocycles. The Morgan fingerprint density at radius 1 is 1.47 bits per heavy atom. The number of ketones is 1. The second-order valence-corrected chi connectivity index (χ2v) is 5.30. The van der Waals surface area contributed by atoms with Crippen molar-refractivity contribution in [1.29, 1.82) is 0 Å². The maximum Gasteiger partial charge on any atom is 0.330 e. The monoisotopic (exact) mass is 213 g/mol. The van der Waals surface area contributed by atoms with Crippen LogP contribution in [0.3, 0.4) is 0 Å². The summed E-state index contributed by atoms with van der Waals surface area (Å²) in [6.45, 7) is 8.24. The Labute approximate surface area is 90.5 Å². The molecule has 0 aromatic rings. The topological polar surface area (TPSA) is 46.6 Å². The van der Waals surface area contributed by atoms with Crippen molar-refractivity contribution in [2.45, 2.75) is 34.1 Å². The van der Waals surface area contributed by atoms with Gasteiger partial charge < -0.3 is 4.84 Å². The highest BCUT2D eigenvalue weighted by Gasteiger charge is 2.30. The Hall–Kier alpha value is -0.900. The summed E-state index contributed by atoms with van der Waals surface area (Å²) < 4.78 is 0. The molecule has 4 nitrogen and oxygen atoms in total. The summed E-state index contributed by atoms with van der Waals surface area (Å²) in [5, 5.41) is 1.48. The first-order valence-corrected chi connectivity index (χ1v) is 5.28. The molecule has 4 heteroatoms. The first-order chi connectivity index (χ1) is 6.79. The largest absolute Gasteiger partial charge is 0.367 e. The maximum absolute atomic E-state index is 11.6. The van der Waals surface area contributed by atoms with Gasteiger partial charge in [-0.05, 0) is 26.7 Å².